The Bertz CT molecular complexity index is 606. The van der Waals surface area contributed by atoms with Crippen molar-refractivity contribution in [3.63, 3.8) is 0 Å². The Kier molecular flexibility index (Phi) is 6.20. The van der Waals surface area contributed by atoms with Gasteiger partial charge in [-0.3, -0.25) is 0 Å². The van der Waals surface area contributed by atoms with Crippen molar-refractivity contribution in [1.82, 2.24) is 0 Å². The molecule has 1 aliphatic rings. The first-order valence-corrected chi connectivity index (χ1v) is 12.2. The fourth-order valence-electron chi connectivity index (χ4n) is 2.91. The molecule has 4 atom stereocenters. The highest BCUT2D eigenvalue weighted by molar-refractivity contribution is 6.74. The zero-order valence-corrected chi connectivity index (χ0v) is 18.2. The minimum Gasteiger partial charge on any atom is -0.408 e. The second-order valence-electron chi connectivity index (χ2n) is 9.00. The quantitative estimate of drug-likeness (QED) is 0.570. The van der Waals surface area contributed by atoms with E-state index in [1.807, 2.05) is 44.2 Å². The van der Waals surface area contributed by atoms with Crippen molar-refractivity contribution in [3.8, 4) is 0 Å². The molecule has 1 saturated heterocycles. The first-order chi connectivity index (χ1) is 11.9. The molecule has 1 aromatic carbocycles. The van der Waals surface area contributed by atoms with E-state index in [0.717, 1.165) is 5.56 Å². The molecule has 1 fully saturated rings. The molecule has 0 bridgehead atoms. The summed E-state index contributed by atoms with van der Waals surface area (Å²) in [4.78, 5) is 0. The number of benzene rings is 1. The summed E-state index contributed by atoms with van der Waals surface area (Å²) in [5.74, 6) is -0.749. The second-order valence-corrected chi connectivity index (χ2v) is 13.8. The van der Waals surface area contributed by atoms with Crippen molar-refractivity contribution in [3.05, 3.63) is 48.6 Å². The van der Waals surface area contributed by atoms with E-state index < -0.39 is 32.4 Å². The van der Waals surface area contributed by atoms with Gasteiger partial charge in [0.05, 0.1) is 6.10 Å². The number of ether oxygens (including phenoxy) is 2. The Morgan fingerprint density at radius 3 is 2.27 bits per heavy atom. The van der Waals surface area contributed by atoms with Gasteiger partial charge in [-0.15, -0.1) is 6.58 Å². The highest BCUT2D eigenvalue weighted by Gasteiger charge is 2.50. The highest BCUT2D eigenvalue weighted by atomic mass is 28.4. The molecule has 5 heteroatoms. The molecule has 0 radical (unpaired) electrons. The molecule has 26 heavy (non-hydrogen) atoms. The van der Waals surface area contributed by atoms with Gasteiger partial charge in [-0.05, 0) is 37.5 Å². The number of aliphatic hydroxyl groups is 1. The molecule has 0 unspecified atom stereocenters. The molecule has 146 valence electrons. The Balaban J connectivity index is 2.40. The second kappa shape index (κ2) is 7.56. The Morgan fingerprint density at radius 1 is 1.19 bits per heavy atom. The maximum Gasteiger partial charge on any atom is 0.192 e. The molecule has 0 amide bonds. The fraction of sp³-hybridized carbons (Fsp3) is 0.619. The lowest BCUT2D eigenvalue weighted by molar-refractivity contribution is -0.159. The number of hydrogen-bond donors (Lipinski definition) is 1. The van der Waals surface area contributed by atoms with E-state index in [4.69, 9.17) is 13.9 Å². The van der Waals surface area contributed by atoms with Gasteiger partial charge >= 0.3 is 0 Å². The first-order valence-electron chi connectivity index (χ1n) is 9.27. The maximum absolute atomic E-state index is 10.7. The standard InChI is InChI=1S/C21H34O4Si/c1-9-16(22)18(25-26(7,8)20(2,3)4)19-17(23-21(5,6)24-19)15-13-11-10-12-14-15/h9-14,16-19,22H,1H2,2-8H3/t16-,17-,18+,19+/m0/s1. The Morgan fingerprint density at radius 2 is 1.77 bits per heavy atom. The third kappa shape index (κ3) is 4.64. The van der Waals surface area contributed by atoms with Gasteiger partial charge in [-0.1, -0.05) is 57.2 Å². The average Bonchev–Trinajstić information content (AvgIpc) is 2.87. The largest absolute Gasteiger partial charge is 0.408 e. The summed E-state index contributed by atoms with van der Waals surface area (Å²) >= 11 is 0. The molecule has 1 N–H and O–H groups in total. The predicted octanol–water partition coefficient (Wildman–Crippen LogP) is 4.82. The summed E-state index contributed by atoms with van der Waals surface area (Å²) in [5, 5.41) is 10.7. The van der Waals surface area contributed by atoms with Crippen LogP contribution in [-0.2, 0) is 13.9 Å². The van der Waals surface area contributed by atoms with E-state index in [9.17, 15) is 5.11 Å². The van der Waals surface area contributed by atoms with Crippen LogP contribution in [0.15, 0.2) is 43.0 Å². The SMILES string of the molecule is C=C[C@H](O)[C@@H](O[Si](C)(C)C(C)(C)C)[C@@H]1OC(C)(C)O[C@H]1c1ccccc1. The normalized spacial score (nSPS) is 25.7. The third-order valence-corrected chi connectivity index (χ3v) is 9.87. The average molecular weight is 379 g/mol. The summed E-state index contributed by atoms with van der Waals surface area (Å²) in [5.41, 5.74) is 1.02. The highest BCUT2D eigenvalue weighted by Crippen LogP contribution is 2.44. The van der Waals surface area contributed by atoms with Gasteiger partial charge in [0.15, 0.2) is 14.1 Å². The zero-order chi connectivity index (χ0) is 19.8. The van der Waals surface area contributed by atoms with Gasteiger partial charge in [0.2, 0.25) is 0 Å². The fourth-order valence-corrected chi connectivity index (χ4v) is 4.22. The van der Waals surface area contributed by atoms with E-state index in [0.29, 0.717) is 0 Å². The summed E-state index contributed by atoms with van der Waals surface area (Å²) in [6, 6.07) is 9.98. The van der Waals surface area contributed by atoms with Gasteiger partial charge in [0, 0.05) is 0 Å². The molecular formula is C21H34O4Si. The topological polar surface area (TPSA) is 47.9 Å². The molecule has 0 aliphatic carbocycles. The first kappa shape index (κ1) is 21.3. The van der Waals surface area contributed by atoms with Crippen molar-refractivity contribution in [2.45, 2.75) is 83.0 Å². The van der Waals surface area contributed by atoms with Crippen LogP contribution in [0.4, 0.5) is 0 Å². The van der Waals surface area contributed by atoms with Crippen LogP contribution in [0.1, 0.15) is 46.3 Å². The Hall–Kier alpha value is -0.983. The minimum atomic E-state index is -2.13. The molecule has 2 rings (SSSR count). The van der Waals surface area contributed by atoms with Crippen LogP contribution in [0, 0.1) is 0 Å². The maximum atomic E-state index is 10.7. The minimum absolute atomic E-state index is 0.0172. The van der Waals surface area contributed by atoms with Crippen LogP contribution >= 0.6 is 0 Å². The lowest BCUT2D eigenvalue weighted by atomic mass is 9.97. The lowest BCUT2D eigenvalue weighted by Crippen LogP contribution is -2.52. The summed E-state index contributed by atoms with van der Waals surface area (Å²) in [6.45, 7) is 18.5. The van der Waals surface area contributed by atoms with Gasteiger partial charge in [-0.25, -0.2) is 0 Å². The lowest BCUT2D eigenvalue weighted by Gasteiger charge is -2.42. The molecular weight excluding hydrogens is 344 g/mol. The summed E-state index contributed by atoms with van der Waals surface area (Å²) in [6.07, 6.45) is -0.586. The van der Waals surface area contributed by atoms with Crippen LogP contribution in [0.25, 0.3) is 0 Å². The van der Waals surface area contributed by atoms with Crippen LogP contribution in [0.3, 0.4) is 0 Å². The molecule has 1 aliphatic heterocycles. The van der Waals surface area contributed by atoms with Crippen molar-refractivity contribution >= 4 is 8.32 Å². The van der Waals surface area contributed by atoms with Gasteiger partial charge in [0.25, 0.3) is 0 Å². The smallest absolute Gasteiger partial charge is 0.192 e. The summed E-state index contributed by atoms with van der Waals surface area (Å²) < 4.78 is 19.0. The third-order valence-electron chi connectivity index (χ3n) is 5.40. The van der Waals surface area contributed by atoms with Crippen LogP contribution in [0.5, 0.6) is 0 Å². The number of rotatable bonds is 6. The van der Waals surface area contributed by atoms with E-state index in [2.05, 4.69) is 40.4 Å². The van der Waals surface area contributed by atoms with E-state index in [-0.39, 0.29) is 11.1 Å². The monoisotopic (exact) mass is 378 g/mol. The van der Waals surface area contributed by atoms with Crippen molar-refractivity contribution in [1.29, 1.82) is 0 Å². The van der Waals surface area contributed by atoms with Gasteiger partial charge in [-0.2, -0.15) is 0 Å². The Labute approximate surface area is 159 Å². The van der Waals surface area contributed by atoms with Crippen LogP contribution in [0.2, 0.25) is 18.1 Å². The van der Waals surface area contributed by atoms with Crippen molar-refractivity contribution < 1.29 is 19.0 Å². The predicted molar refractivity (Wildman–Crippen MR) is 107 cm³/mol. The van der Waals surface area contributed by atoms with Gasteiger partial charge in [0.1, 0.15) is 18.3 Å². The van der Waals surface area contributed by atoms with E-state index in [1.54, 1.807) is 0 Å². The molecule has 0 saturated carbocycles. The molecule has 4 nitrogen and oxygen atoms in total. The molecule has 1 aromatic rings. The summed E-state index contributed by atoms with van der Waals surface area (Å²) in [7, 11) is -2.13. The van der Waals surface area contributed by atoms with Gasteiger partial charge < -0.3 is 19.0 Å². The van der Waals surface area contributed by atoms with E-state index >= 15 is 0 Å². The number of aliphatic hydroxyl groups excluding tert-OH is 1. The number of hydrogen-bond acceptors (Lipinski definition) is 4. The van der Waals surface area contributed by atoms with Crippen LogP contribution < -0.4 is 0 Å². The molecule has 0 spiro atoms. The molecule has 1 heterocycles. The van der Waals surface area contributed by atoms with E-state index in [1.165, 1.54) is 6.08 Å². The zero-order valence-electron chi connectivity index (χ0n) is 17.2. The molecule has 0 aromatic heterocycles. The van der Waals surface area contributed by atoms with Crippen LogP contribution in [-0.4, -0.2) is 37.5 Å². The van der Waals surface area contributed by atoms with Crippen molar-refractivity contribution in [2.24, 2.45) is 0 Å². The van der Waals surface area contributed by atoms with Crippen molar-refractivity contribution in [2.75, 3.05) is 0 Å².